The SMILES string of the molecule is CNC(Cc1ccccn1)Cc1ccccc1Br. The van der Waals surface area contributed by atoms with Crippen LogP contribution in [0.1, 0.15) is 11.3 Å². The Morgan fingerprint density at radius 1 is 1.11 bits per heavy atom. The van der Waals surface area contributed by atoms with Crippen molar-refractivity contribution in [2.45, 2.75) is 18.9 Å². The zero-order valence-corrected chi connectivity index (χ0v) is 12.0. The Balaban J connectivity index is 2.04. The van der Waals surface area contributed by atoms with Crippen molar-refractivity contribution >= 4 is 15.9 Å². The van der Waals surface area contributed by atoms with E-state index in [0.29, 0.717) is 6.04 Å². The van der Waals surface area contributed by atoms with Gasteiger partial charge in [-0.25, -0.2) is 0 Å². The van der Waals surface area contributed by atoms with Crippen molar-refractivity contribution in [3.8, 4) is 0 Å². The molecule has 1 N–H and O–H groups in total. The maximum Gasteiger partial charge on any atom is 0.0419 e. The van der Waals surface area contributed by atoms with E-state index >= 15 is 0 Å². The van der Waals surface area contributed by atoms with E-state index in [1.807, 2.05) is 31.4 Å². The molecule has 94 valence electrons. The van der Waals surface area contributed by atoms with Crippen molar-refractivity contribution in [3.63, 3.8) is 0 Å². The summed E-state index contributed by atoms with van der Waals surface area (Å²) < 4.78 is 1.17. The van der Waals surface area contributed by atoms with E-state index in [1.165, 1.54) is 10.0 Å². The molecule has 0 bridgehead atoms. The summed E-state index contributed by atoms with van der Waals surface area (Å²) in [6, 6.07) is 14.8. The monoisotopic (exact) mass is 304 g/mol. The van der Waals surface area contributed by atoms with E-state index < -0.39 is 0 Å². The predicted octanol–water partition coefficient (Wildman–Crippen LogP) is 3.22. The van der Waals surface area contributed by atoms with E-state index in [2.05, 4.69) is 50.5 Å². The van der Waals surface area contributed by atoms with Crippen LogP contribution in [0.3, 0.4) is 0 Å². The Bertz CT molecular complexity index is 485. The molecule has 0 aliphatic rings. The van der Waals surface area contributed by atoms with E-state index in [4.69, 9.17) is 0 Å². The number of halogens is 1. The number of aromatic nitrogens is 1. The number of benzene rings is 1. The van der Waals surface area contributed by atoms with Gasteiger partial charge in [-0.2, -0.15) is 0 Å². The smallest absolute Gasteiger partial charge is 0.0419 e. The highest BCUT2D eigenvalue weighted by atomic mass is 79.9. The molecule has 1 aromatic carbocycles. The lowest BCUT2D eigenvalue weighted by Crippen LogP contribution is -2.30. The van der Waals surface area contributed by atoms with Crippen molar-refractivity contribution in [1.82, 2.24) is 10.3 Å². The Labute approximate surface area is 117 Å². The molecule has 0 aliphatic carbocycles. The topological polar surface area (TPSA) is 24.9 Å². The second kappa shape index (κ2) is 6.66. The van der Waals surface area contributed by atoms with Crippen molar-refractivity contribution in [2.75, 3.05) is 7.05 Å². The van der Waals surface area contributed by atoms with E-state index in [9.17, 15) is 0 Å². The number of nitrogens with zero attached hydrogens (tertiary/aromatic N) is 1. The molecule has 0 saturated carbocycles. The molecule has 1 heterocycles. The van der Waals surface area contributed by atoms with E-state index in [-0.39, 0.29) is 0 Å². The van der Waals surface area contributed by atoms with Gasteiger partial charge in [0.05, 0.1) is 0 Å². The summed E-state index contributed by atoms with van der Waals surface area (Å²) in [6.07, 6.45) is 3.79. The lowest BCUT2D eigenvalue weighted by atomic mass is 10.0. The molecule has 18 heavy (non-hydrogen) atoms. The van der Waals surface area contributed by atoms with Crippen LogP contribution in [0.15, 0.2) is 53.1 Å². The summed E-state index contributed by atoms with van der Waals surface area (Å²) in [4.78, 5) is 4.38. The lowest BCUT2D eigenvalue weighted by molar-refractivity contribution is 0.549. The van der Waals surface area contributed by atoms with Gasteiger partial charge < -0.3 is 5.32 Å². The minimum Gasteiger partial charge on any atom is -0.316 e. The largest absolute Gasteiger partial charge is 0.316 e. The maximum absolute atomic E-state index is 4.38. The number of rotatable bonds is 5. The number of hydrogen-bond donors (Lipinski definition) is 1. The Hall–Kier alpha value is -1.19. The third-order valence-electron chi connectivity index (χ3n) is 3.01. The Morgan fingerprint density at radius 2 is 1.89 bits per heavy atom. The predicted molar refractivity (Wildman–Crippen MR) is 78.6 cm³/mol. The number of nitrogens with one attached hydrogen (secondary N) is 1. The van der Waals surface area contributed by atoms with Gasteiger partial charge >= 0.3 is 0 Å². The normalized spacial score (nSPS) is 12.3. The summed E-state index contributed by atoms with van der Waals surface area (Å²) in [5, 5.41) is 3.37. The standard InChI is InChI=1S/C15H17BrN2/c1-17-14(11-13-7-4-5-9-18-13)10-12-6-2-3-8-15(12)16/h2-9,14,17H,10-11H2,1H3. The zero-order valence-electron chi connectivity index (χ0n) is 10.4. The molecule has 3 heteroatoms. The highest BCUT2D eigenvalue weighted by Gasteiger charge is 2.10. The molecule has 1 aromatic heterocycles. The molecule has 0 fully saturated rings. The van der Waals surface area contributed by atoms with Crippen LogP contribution in [0.25, 0.3) is 0 Å². The van der Waals surface area contributed by atoms with Crippen molar-refractivity contribution in [3.05, 3.63) is 64.4 Å². The van der Waals surface area contributed by atoms with Crippen LogP contribution < -0.4 is 5.32 Å². The van der Waals surface area contributed by atoms with Gasteiger partial charge in [0.2, 0.25) is 0 Å². The fourth-order valence-electron chi connectivity index (χ4n) is 1.98. The third kappa shape index (κ3) is 3.65. The highest BCUT2D eigenvalue weighted by molar-refractivity contribution is 9.10. The first kappa shape index (κ1) is 13.2. The third-order valence-corrected chi connectivity index (χ3v) is 3.79. The molecule has 0 spiro atoms. The van der Waals surface area contributed by atoms with Crippen LogP contribution in [0, 0.1) is 0 Å². The molecule has 2 aromatic rings. The molecule has 2 rings (SSSR count). The van der Waals surface area contributed by atoms with Crippen LogP contribution in [0.5, 0.6) is 0 Å². The van der Waals surface area contributed by atoms with Gasteiger partial charge in [-0.15, -0.1) is 0 Å². The molecule has 1 unspecified atom stereocenters. The van der Waals surface area contributed by atoms with Gasteiger partial charge in [0.25, 0.3) is 0 Å². The van der Waals surface area contributed by atoms with Crippen LogP contribution in [0.2, 0.25) is 0 Å². The van der Waals surface area contributed by atoms with Gasteiger partial charge in [-0.05, 0) is 37.2 Å². The molecule has 2 nitrogen and oxygen atoms in total. The first-order valence-electron chi connectivity index (χ1n) is 6.10. The van der Waals surface area contributed by atoms with Crippen LogP contribution in [-0.2, 0) is 12.8 Å². The van der Waals surface area contributed by atoms with E-state index in [0.717, 1.165) is 18.5 Å². The fourth-order valence-corrected chi connectivity index (χ4v) is 2.42. The summed E-state index contributed by atoms with van der Waals surface area (Å²) in [5.41, 5.74) is 2.46. The Morgan fingerprint density at radius 3 is 2.56 bits per heavy atom. The highest BCUT2D eigenvalue weighted by Crippen LogP contribution is 2.18. The van der Waals surface area contributed by atoms with Crippen molar-refractivity contribution in [1.29, 1.82) is 0 Å². The van der Waals surface area contributed by atoms with Crippen LogP contribution >= 0.6 is 15.9 Å². The van der Waals surface area contributed by atoms with Gasteiger partial charge in [-0.3, -0.25) is 4.98 Å². The molecule has 0 saturated heterocycles. The van der Waals surface area contributed by atoms with Gasteiger partial charge in [0.1, 0.15) is 0 Å². The lowest BCUT2D eigenvalue weighted by Gasteiger charge is -2.16. The van der Waals surface area contributed by atoms with Crippen molar-refractivity contribution < 1.29 is 0 Å². The molecule has 0 aliphatic heterocycles. The number of pyridine rings is 1. The average Bonchev–Trinajstić information content (AvgIpc) is 2.41. The second-order valence-electron chi connectivity index (χ2n) is 4.31. The fraction of sp³-hybridized carbons (Fsp3) is 0.267. The number of hydrogen-bond acceptors (Lipinski definition) is 2. The first-order valence-corrected chi connectivity index (χ1v) is 6.89. The molecule has 0 amide bonds. The van der Waals surface area contributed by atoms with Crippen LogP contribution in [0.4, 0.5) is 0 Å². The molecule has 0 radical (unpaired) electrons. The van der Waals surface area contributed by atoms with Gasteiger partial charge in [-0.1, -0.05) is 40.2 Å². The summed E-state index contributed by atoms with van der Waals surface area (Å²) >= 11 is 3.60. The average molecular weight is 305 g/mol. The van der Waals surface area contributed by atoms with Gasteiger partial charge in [0, 0.05) is 28.8 Å². The second-order valence-corrected chi connectivity index (χ2v) is 5.16. The zero-order chi connectivity index (χ0) is 12.8. The van der Waals surface area contributed by atoms with Gasteiger partial charge in [0.15, 0.2) is 0 Å². The number of likely N-dealkylation sites (N-methyl/N-ethyl adjacent to an activating group) is 1. The molecular formula is C15H17BrN2. The Kier molecular flexibility index (Phi) is 4.90. The molecular weight excluding hydrogens is 288 g/mol. The minimum atomic E-state index is 0.401. The first-order chi connectivity index (χ1) is 8.79. The quantitative estimate of drug-likeness (QED) is 0.917. The van der Waals surface area contributed by atoms with Crippen molar-refractivity contribution in [2.24, 2.45) is 0 Å². The minimum absolute atomic E-state index is 0.401. The maximum atomic E-state index is 4.38. The van der Waals surface area contributed by atoms with Crippen LogP contribution in [-0.4, -0.2) is 18.1 Å². The van der Waals surface area contributed by atoms with E-state index in [1.54, 1.807) is 0 Å². The summed E-state index contributed by atoms with van der Waals surface area (Å²) in [6.45, 7) is 0. The summed E-state index contributed by atoms with van der Waals surface area (Å²) in [5.74, 6) is 0. The molecule has 1 atom stereocenters. The summed E-state index contributed by atoms with van der Waals surface area (Å²) in [7, 11) is 2.00.